The van der Waals surface area contributed by atoms with E-state index in [2.05, 4.69) is 36.9 Å². The van der Waals surface area contributed by atoms with Crippen molar-refractivity contribution in [1.29, 1.82) is 0 Å². The van der Waals surface area contributed by atoms with Crippen LogP contribution in [0, 0.1) is 17.8 Å². The number of amides is 1. The number of benzene rings is 2. The minimum absolute atomic E-state index is 0.0462. The lowest BCUT2D eigenvalue weighted by atomic mass is 9.56. The molecule has 3 aliphatic rings. The number of rotatable bonds is 9. The lowest BCUT2D eigenvalue weighted by Gasteiger charge is -2.56. The van der Waals surface area contributed by atoms with Crippen molar-refractivity contribution >= 4 is 29.1 Å². The van der Waals surface area contributed by atoms with Crippen molar-refractivity contribution in [3.8, 4) is 5.75 Å². The molecule has 4 atom stereocenters. The SMILES string of the molecule is COc1cccc(C23CCN(CC4CC4)CC2C(O)CC(N(CC(C)C)C(=O)Cc2ccc(Cl)c(Cl)c2)C3)c1. The van der Waals surface area contributed by atoms with E-state index in [1.165, 1.54) is 18.4 Å². The molecule has 2 aromatic carbocycles. The van der Waals surface area contributed by atoms with Crippen molar-refractivity contribution < 1.29 is 14.6 Å². The standard InChI is InChI=1S/C32H42Cl2N2O3/c1-21(2)18-36(31(38)14-23-9-10-28(33)29(34)13-23)25-16-30(37)27-20-35(19-22-7-8-22)12-11-32(27,17-25)24-5-4-6-26(15-24)39-3/h4-6,9-10,13,15,21-22,25,27,30,37H,7-8,11-12,14,16-20H2,1-3H3. The molecule has 1 N–H and O–H groups in total. The fraction of sp³-hybridized carbons (Fsp3) is 0.594. The quantitative estimate of drug-likeness (QED) is 0.387. The van der Waals surface area contributed by atoms with E-state index < -0.39 is 6.10 Å². The van der Waals surface area contributed by atoms with Gasteiger partial charge in [-0.15, -0.1) is 0 Å². The Hall–Kier alpha value is -1.79. The van der Waals surface area contributed by atoms with Crippen LogP contribution in [0.4, 0.5) is 0 Å². The number of aliphatic hydroxyl groups is 1. The number of halogens is 2. The second-order valence-electron chi connectivity index (χ2n) is 12.5. The first kappa shape index (κ1) is 28.7. The van der Waals surface area contributed by atoms with Gasteiger partial charge in [0.2, 0.25) is 5.91 Å². The summed E-state index contributed by atoms with van der Waals surface area (Å²) in [6, 6.07) is 13.8. The maximum absolute atomic E-state index is 13.9. The Morgan fingerprint density at radius 3 is 2.67 bits per heavy atom. The van der Waals surface area contributed by atoms with E-state index in [1.807, 2.05) is 17.0 Å². The van der Waals surface area contributed by atoms with Gasteiger partial charge in [0.05, 0.1) is 29.7 Å². The van der Waals surface area contributed by atoms with Crippen molar-refractivity contribution in [3.63, 3.8) is 0 Å². The number of hydrogen-bond donors (Lipinski definition) is 1. The number of carbonyl (C=O) groups excluding carboxylic acids is 1. The van der Waals surface area contributed by atoms with Gasteiger partial charge in [-0.25, -0.2) is 0 Å². The fourth-order valence-corrected chi connectivity index (χ4v) is 7.35. The highest BCUT2D eigenvalue weighted by molar-refractivity contribution is 6.42. The van der Waals surface area contributed by atoms with E-state index in [-0.39, 0.29) is 29.7 Å². The highest BCUT2D eigenvalue weighted by atomic mass is 35.5. The zero-order chi connectivity index (χ0) is 27.7. The monoisotopic (exact) mass is 572 g/mol. The molecule has 1 saturated heterocycles. The zero-order valence-corrected chi connectivity index (χ0v) is 24.9. The second-order valence-corrected chi connectivity index (χ2v) is 13.3. The second kappa shape index (κ2) is 12.0. The van der Waals surface area contributed by atoms with Gasteiger partial charge in [-0.2, -0.15) is 0 Å². The van der Waals surface area contributed by atoms with Crippen molar-refractivity contribution in [3.05, 3.63) is 63.6 Å². The van der Waals surface area contributed by atoms with Gasteiger partial charge in [0.25, 0.3) is 0 Å². The topological polar surface area (TPSA) is 53.0 Å². The van der Waals surface area contributed by atoms with Gasteiger partial charge in [0, 0.05) is 37.0 Å². The molecule has 7 heteroatoms. The summed E-state index contributed by atoms with van der Waals surface area (Å²) in [6.07, 6.45) is 4.87. The first-order valence-electron chi connectivity index (χ1n) is 14.5. The highest BCUT2D eigenvalue weighted by Gasteiger charge is 2.53. The van der Waals surface area contributed by atoms with E-state index >= 15 is 0 Å². The zero-order valence-electron chi connectivity index (χ0n) is 23.4. The normalized spacial score (nSPS) is 27.3. The number of fused-ring (bicyclic) bond motifs is 1. The molecule has 2 saturated carbocycles. The summed E-state index contributed by atoms with van der Waals surface area (Å²) in [5.41, 5.74) is 1.87. The van der Waals surface area contributed by atoms with Crippen molar-refractivity contribution in [2.45, 2.75) is 69.9 Å². The van der Waals surface area contributed by atoms with Crippen LogP contribution in [0.3, 0.4) is 0 Å². The maximum atomic E-state index is 13.9. The third-order valence-electron chi connectivity index (χ3n) is 9.14. The molecule has 0 spiro atoms. The number of ether oxygens (including phenoxy) is 1. The van der Waals surface area contributed by atoms with Crippen LogP contribution in [0.5, 0.6) is 5.75 Å². The fourth-order valence-electron chi connectivity index (χ4n) is 7.03. The summed E-state index contributed by atoms with van der Waals surface area (Å²) in [5, 5.41) is 12.7. The van der Waals surface area contributed by atoms with E-state index in [0.29, 0.717) is 28.9 Å². The predicted molar refractivity (Wildman–Crippen MR) is 158 cm³/mol. The molecule has 0 bridgehead atoms. The average molecular weight is 574 g/mol. The van der Waals surface area contributed by atoms with Crippen LogP contribution in [0.15, 0.2) is 42.5 Å². The number of nitrogens with zero attached hydrogens (tertiary/aromatic N) is 2. The lowest BCUT2D eigenvalue weighted by Crippen LogP contribution is -2.62. The first-order valence-corrected chi connectivity index (χ1v) is 15.2. The summed E-state index contributed by atoms with van der Waals surface area (Å²) in [6.45, 7) is 8.02. The van der Waals surface area contributed by atoms with Crippen LogP contribution in [-0.2, 0) is 16.6 Å². The van der Waals surface area contributed by atoms with Gasteiger partial charge in [-0.05, 0) is 85.9 Å². The molecule has 2 aliphatic carbocycles. The summed E-state index contributed by atoms with van der Waals surface area (Å²) in [4.78, 5) is 18.5. The molecule has 1 aliphatic heterocycles. The number of aliphatic hydroxyl groups excluding tert-OH is 1. The Bertz CT molecular complexity index is 1170. The Kier molecular flexibility index (Phi) is 8.83. The minimum atomic E-state index is -0.482. The molecular formula is C32H42Cl2N2O3. The third-order valence-corrected chi connectivity index (χ3v) is 9.88. The number of piperidine rings is 1. The van der Waals surface area contributed by atoms with E-state index in [0.717, 1.165) is 49.7 Å². The van der Waals surface area contributed by atoms with Gasteiger partial charge in [0.1, 0.15) is 5.75 Å². The number of methoxy groups -OCH3 is 1. The van der Waals surface area contributed by atoms with Crippen LogP contribution >= 0.6 is 23.2 Å². The van der Waals surface area contributed by atoms with E-state index in [9.17, 15) is 9.90 Å². The Morgan fingerprint density at radius 1 is 1.18 bits per heavy atom. The summed E-state index contributed by atoms with van der Waals surface area (Å²) < 4.78 is 5.62. The molecule has 2 aromatic rings. The maximum Gasteiger partial charge on any atom is 0.227 e. The van der Waals surface area contributed by atoms with Crippen LogP contribution in [0.1, 0.15) is 57.1 Å². The molecule has 0 aromatic heterocycles. The van der Waals surface area contributed by atoms with Crippen molar-refractivity contribution in [1.82, 2.24) is 9.80 Å². The van der Waals surface area contributed by atoms with Crippen molar-refractivity contribution in [2.75, 3.05) is 33.3 Å². The van der Waals surface area contributed by atoms with Gasteiger partial charge < -0.3 is 19.6 Å². The smallest absolute Gasteiger partial charge is 0.227 e. The van der Waals surface area contributed by atoms with E-state index in [4.69, 9.17) is 27.9 Å². The van der Waals surface area contributed by atoms with Gasteiger partial charge in [-0.3, -0.25) is 4.79 Å². The molecule has 39 heavy (non-hydrogen) atoms. The molecule has 1 amide bonds. The van der Waals surface area contributed by atoms with Crippen LogP contribution in [0.25, 0.3) is 0 Å². The van der Waals surface area contributed by atoms with Gasteiger partial charge in [0.15, 0.2) is 0 Å². The first-order chi connectivity index (χ1) is 18.7. The third kappa shape index (κ3) is 6.43. The van der Waals surface area contributed by atoms with Crippen LogP contribution in [0.2, 0.25) is 10.0 Å². The summed E-state index contributed by atoms with van der Waals surface area (Å²) >= 11 is 12.4. The molecule has 5 nitrogen and oxygen atoms in total. The van der Waals surface area contributed by atoms with E-state index in [1.54, 1.807) is 19.2 Å². The van der Waals surface area contributed by atoms with Crippen LogP contribution in [-0.4, -0.2) is 66.2 Å². The Morgan fingerprint density at radius 2 is 1.97 bits per heavy atom. The van der Waals surface area contributed by atoms with Gasteiger partial charge >= 0.3 is 0 Å². The highest BCUT2D eigenvalue weighted by Crippen LogP contribution is 2.51. The van der Waals surface area contributed by atoms with Crippen molar-refractivity contribution in [2.24, 2.45) is 17.8 Å². The van der Waals surface area contributed by atoms with Gasteiger partial charge in [-0.1, -0.05) is 55.2 Å². The summed E-state index contributed by atoms with van der Waals surface area (Å²) in [7, 11) is 1.71. The number of carbonyl (C=O) groups is 1. The molecule has 4 unspecified atom stereocenters. The minimum Gasteiger partial charge on any atom is -0.497 e. The average Bonchev–Trinajstić information content (AvgIpc) is 3.73. The number of likely N-dealkylation sites (tertiary alicyclic amines) is 1. The molecule has 3 fully saturated rings. The molecule has 1 heterocycles. The largest absolute Gasteiger partial charge is 0.497 e. The number of hydrogen-bond acceptors (Lipinski definition) is 4. The molecular weight excluding hydrogens is 531 g/mol. The predicted octanol–water partition coefficient (Wildman–Crippen LogP) is 6.22. The Balaban J connectivity index is 1.45. The molecule has 5 rings (SSSR count). The summed E-state index contributed by atoms with van der Waals surface area (Å²) in [5.74, 6) is 2.17. The molecule has 0 radical (unpaired) electrons. The molecule has 212 valence electrons. The van der Waals surface area contributed by atoms with Crippen LogP contribution < -0.4 is 4.74 Å². The Labute approximate surface area is 243 Å². The lowest BCUT2D eigenvalue weighted by molar-refractivity contribution is -0.138.